The molecule has 3 rings (SSSR count). The van der Waals surface area contributed by atoms with Crippen molar-refractivity contribution in [3.8, 4) is 0 Å². The summed E-state index contributed by atoms with van der Waals surface area (Å²) in [6.07, 6.45) is 1.73. The Bertz CT molecular complexity index is 787. The van der Waals surface area contributed by atoms with Gasteiger partial charge < -0.3 is 10.6 Å². The van der Waals surface area contributed by atoms with Crippen molar-refractivity contribution < 1.29 is 9.72 Å². The molecule has 1 aromatic carbocycles. The number of rotatable bonds is 5. The predicted molar refractivity (Wildman–Crippen MR) is 97.4 cm³/mol. The van der Waals surface area contributed by atoms with Gasteiger partial charge in [-0.25, -0.2) is 4.98 Å². The fraction of sp³-hybridized carbons (Fsp3) is 0.375. The van der Waals surface area contributed by atoms with Crippen molar-refractivity contribution in [2.24, 2.45) is 0 Å². The zero-order chi connectivity index (χ0) is 17.8. The maximum absolute atomic E-state index is 12.4. The minimum absolute atomic E-state index is 0.0733. The van der Waals surface area contributed by atoms with E-state index >= 15 is 0 Å². The molecule has 2 N–H and O–H groups in total. The van der Waals surface area contributed by atoms with Gasteiger partial charge in [-0.3, -0.25) is 14.9 Å². The highest BCUT2D eigenvalue weighted by molar-refractivity contribution is 8.01. The molecule has 132 valence electrons. The van der Waals surface area contributed by atoms with Crippen molar-refractivity contribution in [2.75, 3.05) is 13.1 Å². The van der Waals surface area contributed by atoms with Crippen molar-refractivity contribution in [1.82, 2.24) is 15.6 Å². The van der Waals surface area contributed by atoms with E-state index in [4.69, 9.17) is 0 Å². The molecule has 1 aromatic heterocycles. The minimum atomic E-state index is -0.454. The van der Waals surface area contributed by atoms with Crippen LogP contribution in [-0.2, 0) is 0 Å². The molecule has 9 heteroatoms. The van der Waals surface area contributed by atoms with Crippen LogP contribution in [-0.4, -0.2) is 34.9 Å². The Hall–Kier alpha value is -1.97. The molecule has 1 fully saturated rings. The topological polar surface area (TPSA) is 97.2 Å². The number of nitrogens with one attached hydrogen (secondary N) is 2. The molecular weight excluding hydrogens is 360 g/mol. The molecule has 25 heavy (non-hydrogen) atoms. The molecule has 0 aliphatic carbocycles. The van der Waals surface area contributed by atoms with Gasteiger partial charge in [0, 0.05) is 28.7 Å². The van der Waals surface area contributed by atoms with Crippen LogP contribution in [0.1, 0.15) is 28.9 Å². The summed E-state index contributed by atoms with van der Waals surface area (Å²) in [5, 5.41) is 19.5. The lowest BCUT2D eigenvalue weighted by molar-refractivity contribution is -0.387. The standard InChI is InChI=1S/C16H18N4O3S2/c1-10-9-24-16(18-10)25-14-3-2-11(8-13(14)20(22)23)15(21)19-12-4-6-17-7-5-12/h2-3,8-9,12,17H,4-7H2,1H3,(H,19,21). The van der Waals surface area contributed by atoms with E-state index in [0.29, 0.717) is 10.5 Å². The Morgan fingerprint density at radius 3 is 2.84 bits per heavy atom. The molecule has 1 amide bonds. The third-order valence-corrected chi connectivity index (χ3v) is 6.01. The first-order chi connectivity index (χ1) is 12.0. The summed E-state index contributed by atoms with van der Waals surface area (Å²) in [4.78, 5) is 28.2. The van der Waals surface area contributed by atoms with Gasteiger partial charge in [0.05, 0.1) is 9.82 Å². The number of hydrogen-bond acceptors (Lipinski definition) is 7. The van der Waals surface area contributed by atoms with Crippen LogP contribution in [0.4, 0.5) is 5.69 Å². The number of nitrogens with zero attached hydrogens (tertiary/aromatic N) is 2. The summed E-state index contributed by atoms with van der Waals surface area (Å²) in [7, 11) is 0. The highest BCUT2D eigenvalue weighted by Gasteiger charge is 2.21. The maximum atomic E-state index is 12.4. The normalized spacial score (nSPS) is 15.1. The molecule has 0 bridgehead atoms. The van der Waals surface area contributed by atoms with Crippen LogP contribution in [0.15, 0.2) is 32.8 Å². The molecule has 0 atom stereocenters. The van der Waals surface area contributed by atoms with Crippen molar-refractivity contribution >= 4 is 34.7 Å². The van der Waals surface area contributed by atoms with Crippen molar-refractivity contribution in [3.05, 3.63) is 45.0 Å². The Kier molecular flexibility index (Phi) is 5.67. The summed E-state index contributed by atoms with van der Waals surface area (Å²) >= 11 is 2.69. The number of carbonyl (C=O) groups is 1. The number of benzene rings is 1. The van der Waals surface area contributed by atoms with Gasteiger partial charge in [0.25, 0.3) is 11.6 Å². The lowest BCUT2D eigenvalue weighted by Gasteiger charge is -2.23. The zero-order valence-electron chi connectivity index (χ0n) is 13.7. The summed E-state index contributed by atoms with van der Waals surface area (Å²) in [6, 6.07) is 4.71. The second-order valence-electron chi connectivity index (χ2n) is 5.79. The number of thiazole rings is 1. The number of amides is 1. The monoisotopic (exact) mass is 378 g/mol. The highest BCUT2D eigenvalue weighted by Crippen LogP contribution is 2.36. The third-order valence-electron chi connectivity index (χ3n) is 3.89. The summed E-state index contributed by atoms with van der Waals surface area (Å²) in [5.41, 5.74) is 1.12. The largest absolute Gasteiger partial charge is 0.349 e. The van der Waals surface area contributed by atoms with Crippen LogP contribution < -0.4 is 10.6 Å². The Balaban J connectivity index is 1.78. The molecule has 1 aliphatic rings. The summed E-state index contributed by atoms with van der Waals surface area (Å²) in [5.74, 6) is -0.267. The van der Waals surface area contributed by atoms with Gasteiger partial charge in [0.2, 0.25) is 0 Å². The van der Waals surface area contributed by atoms with E-state index < -0.39 is 4.92 Å². The fourth-order valence-electron chi connectivity index (χ4n) is 2.60. The van der Waals surface area contributed by atoms with Crippen LogP contribution in [0.5, 0.6) is 0 Å². The van der Waals surface area contributed by atoms with Gasteiger partial charge in [-0.2, -0.15) is 0 Å². The second-order valence-corrected chi connectivity index (χ2v) is 7.94. The van der Waals surface area contributed by atoms with Crippen LogP contribution in [0, 0.1) is 17.0 Å². The van der Waals surface area contributed by atoms with Gasteiger partial charge in [-0.1, -0.05) is 11.8 Å². The average molecular weight is 378 g/mol. The van der Waals surface area contributed by atoms with Crippen LogP contribution >= 0.6 is 23.1 Å². The van der Waals surface area contributed by atoms with E-state index in [1.807, 2.05) is 12.3 Å². The van der Waals surface area contributed by atoms with Gasteiger partial charge in [0.1, 0.15) is 0 Å². The molecule has 1 aliphatic heterocycles. The summed E-state index contributed by atoms with van der Waals surface area (Å²) in [6.45, 7) is 3.62. The first-order valence-electron chi connectivity index (χ1n) is 7.93. The van der Waals surface area contributed by atoms with Gasteiger partial charge >= 0.3 is 0 Å². The molecule has 0 unspecified atom stereocenters. The molecule has 2 heterocycles. The lowest BCUT2D eigenvalue weighted by atomic mass is 10.1. The van der Waals surface area contributed by atoms with Gasteiger partial charge in [-0.05, 0) is 45.0 Å². The molecule has 7 nitrogen and oxygen atoms in total. The smallest absolute Gasteiger partial charge is 0.284 e. The number of nitro groups is 1. The highest BCUT2D eigenvalue weighted by atomic mass is 32.2. The maximum Gasteiger partial charge on any atom is 0.284 e. The van der Waals surface area contributed by atoms with Crippen LogP contribution in [0.25, 0.3) is 0 Å². The number of piperidine rings is 1. The van der Waals surface area contributed by atoms with Gasteiger partial charge in [-0.15, -0.1) is 11.3 Å². The number of aryl methyl sites for hydroxylation is 1. The van der Waals surface area contributed by atoms with E-state index in [9.17, 15) is 14.9 Å². The fourth-order valence-corrected chi connectivity index (χ4v) is 4.47. The van der Waals surface area contributed by atoms with Crippen molar-refractivity contribution in [2.45, 2.75) is 35.0 Å². The third kappa shape index (κ3) is 4.56. The van der Waals surface area contributed by atoms with Crippen LogP contribution in [0.3, 0.4) is 0 Å². The first-order valence-corrected chi connectivity index (χ1v) is 9.62. The second kappa shape index (κ2) is 7.94. The van der Waals surface area contributed by atoms with E-state index in [0.717, 1.165) is 36.0 Å². The summed E-state index contributed by atoms with van der Waals surface area (Å²) < 4.78 is 0.743. The van der Waals surface area contributed by atoms with E-state index in [-0.39, 0.29) is 17.6 Å². The number of aromatic nitrogens is 1. The molecule has 2 aromatic rings. The number of hydrogen-bond donors (Lipinski definition) is 2. The quantitative estimate of drug-likeness (QED) is 0.613. The Morgan fingerprint density at radius 1 is 1.44 bits per heavy atom. The van der Waals surface area contributed by atoms with E-state index in [1.54, 1.807) is 12.1 Å². The van der Waals surface area contributed by atoms with Crippen LogP contribution in [0.2, 0.25) is 0 Å². The van der Waals surface area contributed by atoms with E-state index in [1.165, 1.54) is 29.2 Å². The molecular formula is C16H18N4O3S2. The van der Waals surface area contributed by atoms with E-state index in [2.05, 4.69) is 15.6 Å². The SMILES string of the molecule is Cc1csc(Sc2ccc(C(=O)NC3CCNCC3)cc2[N+](=O)[O-])n1. The van der Waals surface area contributed by atoms with Crippen molar-refractivity contribution in [1.29, 1.82) is 0 Å². The average Bonchev–Trinajstić information content (AvgIpc) is 3.00. The predicted octanol–water partition coefficient (Wildman–Crippen LogP) is 2.99. The molecule has 0 spiro atoms. The molecule has 1 saturated heterocycles. The molecule has 0 radical (unpaired) electrons. The lowest BCUT2D eigenvalue weighted by Crippen LogP contribution is -2.42. The number of nitro benzene ring substituents is 1. The Morgan fingerprint density at radius 2 is 2.20 bits per heavy atom. The first kappa shape index (κ1) is 17.8. The van der Waals surface area contributed by atoms with Crippen molar-refractivity contribution in [3.63, 3.8) is 0 Å². The molecule has 0 saturated carbocycles. The zero-order valence-corrected chi connectivity index (χ0v) is 15.3. The van der Waals surface area contributed by atoms with Gasteiger partial charge in [0.15, 0.2) is 4.34 Å². The minimum Gasteiger partial charge on any atom is -0.349 e. The Labute approximate surface area is 153 Å². The number of carbonyl (C=O) groups excluding carboxylic acids is 1.